The molecule has 2 atom stereocenters. The average Bonchev–Trinajstić information content (AvgIpc) is 3.35. The van der Waals surface area contributed by atoms with Gasteiger partial charge in [0.15, 0.2) is 0 Å². The fraction of sp³-hybridized carbons (Fsp3) is 0.286. The minimum atomic E-state index is -3.30. The Morgan fingerprint density at radius 1 is 1.16 bits per heavy atom. The van der Waals surface area contributed by atoms with Crippen LogP contribution in [0.5, 0.6) is 0 Å². The van der Waals surface area contributed by atoms with Crippen LogP contribution in [0.3, 0.4) is 0 Å². The van der Waals surface area contributed by atoms with E-state index < -0.39 is 41.9 Å². The highest BCUT2D eigenvalue weighted by molar-refractivity contribution is 6.07. The van der Waals surface area contributed by atoms with E-state index in [2.05, 4.69) is 0 Å². The summed E-state index contributed by atoms with van der Waals surface area (Å²) in [6.07, 6.45) is -2.12. The zero-order valence-electron chi connectivity index (χ0n) is 16.2. The Hall–Kier alpha value is -3.24. The summed E-state index contributed by atoms with van der Waals surface area (Å²) in [6.45, 7) is 0.323. The van der Waals surface area contributed by atoms with Crippen LogP contribution in [-0.2, 0) is 4.79 Å². The Balaban J connectivity index is 1.78. The Labute approximate surface area is 175 Å². The van der Waals surface area contributed by atoms with Gasteiger partial charge in [-0.25, -0.2) is 24.0 Å². The number of carbonyl (C=O) groups is 3. The summed E-state index contributed by atoms with van der Waals surface area (Å²) in [5.41, 5.74) is 2.65. The molecule has 2 aliphatic heterocycles. The van der Waals surface area contributed by atoms with Crippen LogP contribution in [0.1, 0.15) is 56.8 Å². The topological polar surface area (TPSA) is 95.7 Å². The average molecular weight is 432 g/mol. The molecule has 0 radical (unpaired) electrons. The summed E-state index contributed by atoms with van der Waals surface area (Å²) in [7, 11) is 0. The lowest BCUT2D eigenvalue weighted by Gasteiger charge is -2.37. The van der Waals surface area contributed by atoms with Crippen LogP contribution in [-0.4, -0.2) is 40.6 Å². The van der Waals surface area contributed by atoms with Gasteiger partial charge in [0.1, 0.15) is 11.9 Å². The van der Waals surface area contributed by atoms with Crippen molar-refractivity contribution in [2.24, 2.45) is 5.84 Å². The molecule has 0 saturated carbocycles. The summed E-state index contributed by atoms with van der Waals surface area (Å²) in [6, 6.07) is 7.69. The van der Waals surface area contributed by atoms with Crippen molar-refractivity contribution in [2.75, 3.05) is 6.54 Å². The molecular weight excluding hydrogens is 413 g/mol. The second-order valence-corrected chi connectivity index (χ2v) is 7.41. The number of hydrazine groups is 2. The van der Waals surface area contributed by atoms with Gasteiger partial charge in [0.05, 0.1) is 6.04 Å². The van der Waals surface area contributed by atoms with E-state index in [9.17, 15) is 27.6 Å². The zero-order chi connectivity index (χ0) is 22.3. The van der Waals surface area contributed by atoms with Crippen molar-refractivity contribution in [3.8, 4) is 0 Å². The van der Waals surface area contributed by atoms with Crippen molar-refractivity contribution in [1.29, 1.82) is 0 Å². The number of hydrogen-bond acceptors (Lipinski definition) is 5. The standard InChI is InChI=1S/C21H19F3N4O3/c22-13-4-1-3-11(9-13)16-5-2-8-27(16)28-17(18(29)19(23)24)14-7-6-12(20(30)26-25)10-15(14)21(28)31/h1,3-4,6-7,9-10,16-17,19H,2,5,8,25H2,(H,26,30). The van der Waals surface area contributed by atoms with Gasteiger partial charge in [-0.05, 0) is 48.2 Å². The molecule has 0 aromatic heterocycles. The highest BCUT2D eigenvalue weighted by Gasteiger charge is 2.49. The maximum absolute atomic E-state index is 13.8. The number of rotatable bonds is 5. The molecule has 0 bridgehead atoms. The maximum Gasteiger partial charge on any atom is 0.298 e. The SMILES string of the molecule is NNC(=O)c1ccc2c(c1)C(=O)N(N1CCCC1c1cccc(F)c1)C2C(=O)C(F)F. The number of carbonyl (C=O) groups excluding carboxylic acids is 3. The number of nitrogen functional groups attached to an aromatic ring is 1. The van der Waals surface area contributed by atoms with Crippen molar-refractivity contribution in [2.45, 2.75) is 31.4 Å². The van der Waals surface area contributed by atoms with Crippen LogP contribution in [0.15, 0.2) is 42.5 Å². The normalized spacial score (nSPS) is 20.9. The van der Waals surface area contributed by atoms with Crippen LogP contribution in [0.2, 0.25) is 0 Å². The third-order valence-electron chi connectivity index (χ3n) is 5.64. The van der Waals surface area contributed by atoms with Gasteiger partial charge in [-0.3, -0.25) is 24.8 Å². The number of amides is 2. The lowest BCUT2D eigenvalue weighted by molar-refractivity contribution is -0.141. The molecule has 2 heterocycles. The predicted molar refractivity (Wildman–Crippen MR) is 103 cm³/mol. The molecule has 10 heteroatoms. The smallest absolute Gasteiger partial charge is 0.290 e. The molecule has 2 amide bonds. The van der Waals surface area contributed by atoms with Crippen LogP contribution in [0.4, 0.5) is 13.2 Å². The molecule has 3 N–H and O–H groups in total. The van der Waals surface area contributed by atoms with E-state index in [1.54, 1.807) is 11.1 Å². The number of alkyl halides is 2. The number of benzene rings is 2. The molecule has 2 aromatic rings. The van der Waals surface area contributed by atoms with Gasteiger partial charge in [-0.1, -0.05) is 18.2 Å². The maximum atomic E-state index is 13.8. The molecular formula is C21H19F3N4O3. The van der Waals surface area contributed by atoms with E-state index in [4.69, 9.17) is 5.84 Å². The Morgan fingerprint density at radius 2 is 1.94 bits per heavy atom. The van der Waals surface area contributed by atoms with E-state index in [1.165, 1.54) is 36.4 Å². The lowest BCUT2D eigenvalue weighted by atomic mass is 9.99. The van der Waals surface area contributed by atoms with E-state index in [-0.39, 0.29) is 16.7 Å². The first-order valence-electron chi connectivity index (χ1n) is 9.66. The summed E-state index contributed by atoms with van der Waals surface area (Å²) >= 11 is 0. The fourth-order valence-corrected chi connectivity index (χ4v) is 4.30. The number of nitrogens with two attached hydrogens (primary N) is 1. The van der Waals surface area contributed by atoms with Gasteiger partial charge >= 0.3 is 0 Å². The highest BCUT2D eigenvalue weighted by atomic mass is 19.3. The number of fused-ring (bicyclic) bond motifs is 1. The van der Waals surface area contributed by atoms with E-state index in [1.807, 2.05) is 5.43 Å². The summed E-state index contributed by atoms with van der Waals surface area (Å²) < 4.78 is 40.7. The monoisotopic (exact) mass is 432 g/mol. The summed E-state index contributed by atoms with van der Waals surface area (Å²) in [4.78, 5) is 37.6. The van der Waals surface area contributed by atoms with Crippen molar-refractivity contribution in [3.63, 3.8) is 0 Å². The first kappa shape index (κ1) is 21.0. The molecule has 4 rings (SSSR count). The third-order valence-corrected chi connectivity index (χ3v) is 5.64. The Bertz CT molecular complexity index is 1060. The van der Waals surface area contributed by atoms with Crippen molar-refractivity contribution in [3.05, 3.63) is 70.5 Å². The lowest BCUT2D eigenvalue weighted by Crippen LogP contribution is -2.47. The molecule has 31 heavy (non-hydrogen) atoms. The number of nitrogens with one attached hydrogen (secondary N) is 1. The number of Topliss-reactive ketones (excluding diaryl/α,β-unsaturated/α-hetero) is 1. The van der Waals surface area contributed by atoms with Crippen molar-refractivity contribution >= 4 is 17.6 Å². The molecule has 2 unspecified atom stereocenters. The molecule has 7 nitrogen and oxygen atoms in total. The molecule has 1 saturated heterocycles. The van der Waals surface area contributed by atoms with Gasteiger partial charge in [0.2, 0.25) is 5.78 Å². The minimum absolute atomic E-state index is 0.0232. The van der Waals surface area contributed by atoms with Gasteiger partial charge in [-0.2, -0.15) is 0 Å². The van der Waals surface area contributed by atoms with E-state index >= 15 is 0 Å². The fourth-order valence-electron chi connectivity index (χ4n) is 4.30. The molecule has 2 aromatic carbocycles. The van der Waals surface area contributed by atoms with Crippen LogP contribution in [0, 0.1) is 5.82 Å². The summed E-state index contributed by atoms with van der Waals surface area (Å²) in [5.74, 6) is 1.91. The van der Waals surface area contributed by atoms with E-state index in [0.717, 1.165) is 5.01 Å². The highest BCUT2D eigenvalue weighted by Crippen LogP contribution is 2.43. The predicted octanol–water partition coefficient (Wildman–Crippen LogP) is 2.51. The van der Waals surface area contributed by atoms with Crippen molar-refractivity contribution in [1.82, 2.24) is 15.4 Å². The van der Waals surface area contributed by atoms with Crippen LogP contribution in [0.25, 0.3) is 0 Å². The van der Waals surface area contributed by atoms with Gasteiger partial charge in [0, 0.05) is 17.7 Å². The number of nitrogens with zero attached hydrogens (tertiary/aromatic N) is 2. The van der Waals surface area contributed by atoms with E-state index in [0.29, 0.717) is 24.9 Å². The van der Waals surface area contributed by atoms with Crippen LogP contribution < -0.4 is 11.3 Å². The Morgan fingerprint density at radius 3 is 2.61 bits per heavy atom. The van der Waals surface area contributed by atoms with Gasteiger partial charge in [0.25, 0.3) is 18.2 Å². The second-order valence-electron chi connectivity index (χ2n) is 7.41. The second kappa shape index (κ2) is 8.12. The number of hydrogen-bond donors (Lipinski definition) is 2. The number of halogens is 3. The molecule has 2 aliphatic rings. The van der Waals surface area contributed by atoms with Gasteiger partial charge in [-0.15, -0.1) is 0 Å². The van der Waals surface area contributed by atoms with Crippen LogP contribution >= 0.6 is 0 Å². The zero-order valence-corrected chi connectivity index (χ0v) is 16.2. The third kappa shape index (κ3) is 3.57. The first-order valence-corrected chi connectivity index (χ1v) is 9.66. The molecule has 1 fully saturated rings. The molecule has 0 aliphatic carbocycles. The largest absolute Gasteiger partial charge is 0.298 e. The summed E-state index contributed by atoms with van der Waals surface area (Å²) in [5, 5.41) is 2.58. The quantitative estimate of drug-likeness (QED) is 0.430. The number of ketones is 1. The Kier molecular flexibility index (Phi) is 5.50. The molecule has 162 valence electrons. The van der Waals surface area contributed by atoms with Crippen molar-refractivity contribution < 1.29 is 27.6 Å². The first-order chi connectivity index (χ1) is 14.8. The molecule has 0 spiro atoms. The van der Waals surface area contributed by atoms with Gasteiger partial charge < -0.3 is 0 Å². The minimum Gasteiger partial charge on any atom is -0.290 e.